The van der Waals surface area contributed by atoms with E-state index in [4.69, 9.17) is 0 Å². The van der Waals surface area contributed by atoms with Crippen LogP contribution < -0.4 is 10.9 Å². The lowest BCUT2D eigenvalue weighted by atomic mass is 10.0. The van der Waals surface area contributed by atoms with E-state index in [1.165, 1.54) is 0 Å². The monoisotopic (exact) mass is 392 g/mol. The topological polar surface area (TPSA) is 83.5 Å². The number of aromatic amines is 2. The molecule has 0 aliphatic rings. The summed E-state index contributed by atoms with van der Waals surface area (Å²) in [5.74, 6) is 0. The van der Waals surface area contributed by atoms with Crippen LogP contribution in [0.5, 0.6) is 0 Å². The largest absolute Gasteiger partial charge is 0.354 e. The Morgan fingerprint density at radius 1 is 0.800 bits per heavy atom. The first-order valence-electron chi connectivity index (χ1n) is 9.64. The van der Waals surface area contributed by atoms with Gasteiger partial charge in [0.05, 0.1) is 34.0 Å². The van der Waals surface area contributed by atoms with Crippen molar-refractivity contribution in [2.24, 2.45) is 0 Å². The Balaban J connectivity index is 1.75. The number of hydrogen-bond acceptors (Lipinski definition) is 3. The lowest BCUT2D eigenvalue weighted by Crippen LogP contribution is -2.10. The van der Waals surface area contributed by atoms with Crippen molar-refractivity contribution in [2.45, 2.75) is 6.92 Å². The summed E-state index contributed by atoms with van der Waals surface area (Å²) in [6, 6.07) is 14.8. The Labute approximate surface area is 169 Å². The Morgan fingerprint density at radius 3 is 2.30 bits per heavy atom. The number of fused-ring (bicyclic) bond motifs is 4. The van der Waals surface area contributed by atoms with E-state index in [2.05, 4.69) is 15.0 Å². The van der Waals surface area contributed by atoms with Gasteiger partial charge in [-0.1, -0.05) is 12.1 Å². The predicted molar refractivity (Wildman–Crippen MR) is 120 cm³/mol. The first-order valence-corrected chi connectivity index (χ1v) is 9.64. The number of aromatic nitrogens is 4. The summed E-state index contributed by atoms with van der Waals surface area (Å²) in [6.07, 6.45) is 5.28. The molecule has 3 heterocycles. The van der Waals surface area contributed by atoms with E-state index in [-0.39, 0.29) is 10.9 Å². The lowest BCUT2D eigenvalue weighted by molar-refractivity contribution is 1.04. The number of imidazole rings is 1. The molecule has 0 spiro atoms. The van der Waals surface area contributed by atoms with E-state index in [1.807, 2.05) is 54.1 Å². The van der Waals surface area contributed by atoms with Crippen molar-refractivity contribution >= 4 is 43.6 Å². The van der Waals surface area contributed by atoms with Crippen molar-refractivity contribution in [3.63, 3.8) is 0 Å². The molecule has 0 saturated heterocycles. The van der Waals surface area contributed by atoms with Crippen molar-refractivity contribution in [2.75, 3.05) is 0 Å². The minimum atomic E-state index is -0.0610. The Kier molecular flexibility index (Phi) is 3.29. The number of H-pyrrole nitrogens is 2. The highest BCUT2D eigenvalue weighted by Gasteiger charge is 2.14. The van der Waals surface area contributed by atoms with Gasteiger partial charge in [-0.2, -0.15) is 0 Å². The third-order valence-corrected chi connectivity index (χ3v) is 5.80. The SMILES string of the molecule is Cc1c(-n2ccnc2)ccc2[nH]c3cc4c(=O)c5ccccc5[nH]c4cc3c(=O)c12. The average Bonchev–Trinajstić information content (AvgIpc) is 3.28. The maximum Gasteiger partial charge on any atom is 0.197 e. The first kappa shape index (κ1) is 16.7. The fraction of sp³-hybridized carbons (Fsp3) is 0.0417. The van der Waals surface area contributed by atoms with E-state index < -0.39 is 0 Å². The fourth-order valence-corrected chi connectivity index (χ4v) is 4.32. The molecule has 0 fully saturated rings. The maximum atomic E-state index is 13.5. The number of nitrogens with one attached hydrogen (secondary N) is 2. The Morgan fingerprint density at radius 2 is 1.53 bits per heavy atom. The van der Waals surface area contributed by atoms with Gasteiger partial charge in [0.1, 0.15) is 0 Å². The normalized spacial score (nSPS) is 11.8. The fourth-order valence-electron chi connectivity index (χ4n) is 4.32. The van der Waals surface area contributed by atoms with Gasteiger partial charge in [0.15, 0.2) is 10.9 Å². The van der Waals surface area contributed by atoms with Gasteiger partial charge in [0, 0.05) is 34.1 Å². The molecule has 144 valence electrons. The number of pyridine rings is 2. The quantitative estimate of drug-likeness (QED) is 0.412. The summed E-state index contributed by atoms with van der Waals surface area (Å²) in [7, 11) is 0. The molecule has 6 nitrogen and oxygen atoms in total. The highest BCUT2D eigenvalue weighted by molar-refractivity contribution is 6.03. The second-order valence-electron chi connectivity index (χ2n) is 7.50. The van der Waals surface area contributed by atoms with E-state index in [0.29, 0.717) is 32.6 Å². The summed E-state index contributed by atoms with van der Waals surface area (Å²) < 4.78 is 1.89. The summed E-state index contributed by atoms with van der Waals surface area (Å²) in [6.45, 7) is 1.94. The number of benzene rings is 3. The van der Waals surface area contributed by atoms with Gasteiger partial charge in [-0.3, -0.25) is 9.59 Å². The molecule has 0 aliphatic carbocycles. The molecular weight excluding hydrogens is 376 g/mol. The van der Waals surface area contributed by atoms with Crippen LogP contribution >= 0.6 is 0 Å². The van der Waals surface area contributed by atoms with Crippen LogP contribution in [0.4, 0.5) is 0 Å². The molecule has 0 atom stereocenters. The maximum absolute atomic E-state index is 13.5. The number of aryl methyl sites for hydroxylation is 1. The molecule has 2 N–H and O–H groups in total. The highest BCUT2D eigenvalue weighted by atomic mass is 16.1. The Bertz CT molecular complexity index is 1740. The van der Waals surface area contributed by atoms with Crippen molar-refractivity contribution in [3.8, 4) is 5.69 Å². The molecular formula is C24H16N4O2. The van der Waals surface area contributed by atoms with Crippen LogP contribution in [0.1, 0.15) is 5.56 Å². The van der Waals surface area contributed by atoms with Crippen LogP contribution in [0.2, 0.25) is 0 Å². The van der Waals surface area contributed by atoms with Crippen LogP contribution in [0.15, 0.2) is 76.8 Å². The first-order chi connectivity index (χ1) is 14.6. The minimum absolute atomic E-state index is 0.0474. The van der Waals surface area contributed by atoms with Crippen molar-refractivity contribution in [3.05, 3.63) is 93.3 Å². The molecule has 0 saturated carbocycles. The second-order valence-corrected chi connectivity index (χ2v) is 7.50. The number of hydrogen-bond donors (Lipinski definition) is 2. The smallest absolute Gasteiger partial charge is 0.197 e. The van der Waals surface area contributed by atoms with E-state index in [1.54, 1.807) is 24.7 Å². The van der Waals surface area contributed by atoms with Gasteiger partial charge in [-0.15, -0.1) is 0 Å². The van der Waals surface area contributed by atoms with Gasteiger partial charge in [-0.25, -0.2) is 4.98 Å². The zero-order valence-corrected chi connectivity index (χ0v) is 16.1. The van der Waals surface area contributed by atoms with E-state index in [9.17, 15) is 9.59 Å². The number of para-hydroxylation sites is 1. The van der Waals surface area contributed by atoms with Crippen molar-refractivity contribution in [1.29, 1.82) is 0 Å². The molecule has 6 heteroatoms. The second kappa shape index (κ2) is 5.90. The third kappa shape index (κ3) is 2.21. The van der Waals surface area contributed by atoms with Crippen molar-refractivity contribution in [1.82, 2.24) is 19.5 Å². The van der Waals surface area contributed by atoms with Crippen LogP contribution in [0.25, 0.3) is 49.3 Å². The van der Waals surface area contributed by atoms with Crippen LogP contribution in [0, 0.1) is 6.92 Å². The van der Waals surface area contributed by atoms with Gasteiger partial charge < -0.3 is 14.5 Å². The minimum Gasteiger partial charge on any atom is -0.354 e. The molecule has 0 aliphatic heterocycles. The highest BCUT2D eigenvalue weighted by Crippen LogP contribution is 2.25. The number of rotatable bonds is 1. The van der Waals surface area contributed by atoms with Gasteiger partial charge in [-0.05, 0) is 48.9 Å². The van der Waals surface area contributed by atoms with Crippen molar-refractivity contribution < 1.29 is 0 Å². The molecule has 0 radical (unpaired) electrons. The summed E-state index contributed by atoms with van der Waals surface area (Å²) in [5, 5.41) is 2.37. The molecule has 0 unspecified atom stereocenters. The van der Waals surface area contributed by atoms with Gasteiger partial charge >= 0.3 is 0 Å². The summed E-state index contributed by atoms with van der Waals surface area (Å²) in [4.78, 5) is 37.2. The number of nitrogens with zero attached hydrogens (tertiary/aromatic N) is 2. The zero-order chi connectivity index (χ0) is 20.4. The van der Waals surface area contributed by atoms with Gasteiger partial charge in [0.2, 0.25) is 0 Å². The summed E-state index contributed by atoms with van der Waals surface area (Å²) >= 11 is 0. The molecule has 0 bridgehead atoms. The molecule has 6 rings (SSSR count). The zero-order valence-electron chi connectivity index (χ0n) is 16.1. The average molecular weight is 392 g/mol. The molecule has 30 heavy (non-hydrogen) atoms. The molecule has 3 aromatic carbocycles. The van der Waals surface area contributed by atoms with Crippen LogP contribution in [-0.4, -0.2) is 19.5 Å². The van der Waals surface area contributed by atoms with E-state index in [0.717, 1.165) is 22.3 Å². The van der Waals surface area contributed by atoms with E-state index >= 15 is 0 Å². The third-order valence-electron chi connectivity index (χ3n) is 5.80. The standard InChI is InChI=1S/C24H16N4O2/c1-13-21(28-9-8-25-12-28)7-6-18-22(13)24(30)16-11-19-15(10-20(16)27-18)23(29)14-4-2-3-5-17(14)26-19/h2-12H,1H3,(H,26,29)(H,27,30). The molecule has 6 aromatic rings. The van der Waals surface area contributed by atoms with Crippen LogP contribution in [-0.2, 0) is 0 Å². The van der Waals surface area contributed by atoms with Crippen LogP contribution in [0.3, 0.4) is 0 Å². The van der Waals surface area contributed by atoms with Gasteiger partial charge in [0.25, 0.3) is 0 Å². The predicted octanol–water partition coefficient (Wildman–Crippen LogP) is 4.17. The molecule has 0 amide bonds. The summed E-state index contributed by atoms with van der Waals surface area (Å²) in [5.41, 5.74) is 4.47. The lowest BCUT2D eigenvalue weighted by Gasteiger charge is -2.11. The Hall–Kier alpha value is -4.19. The molecule has 3 aromatic heterocycles.